The van der Waals surface area contributed by atoms with E-state index in [1.165, 1.54) is 30.6 Å². The van der Waals surface area contributed by atoms with Crippen LogP contribution >= 0.6 is 0 Å². The third kappa shape index (κ3) is 4.91. The van der Waals surface area contributed by atoms with E-state index < -0.39 is 24.8 Å². The Morgan fingerprint density at radius 1 is 1.21 bits per heavy atom. The molecule has 0 aliphatic heterocycles. The molecule has 144 valence electrons. The number of ketones is 1. The van der Waals surface area contributed by atoms with E-state index in [4.69, 9.17) is 0 Å². The molecule has 1 amide bonds. The quantitative estimate of drug-likeness (QED) is 0.758. The van der Waals surface area contributed by atoms with E-state index in [0.717, 1.165) is 12.8 Å². The number of anilines is 1. The van der Waals surface area contributed by atoms with Crippen molar-refractivity contribution in [3.63, 3.8) is 0 Å². The van der Waals surface area contributed by atoms with E-state index in [1.54, 1.807) is 0 Å². The smallest absolute Gasteiger partial charge is 0.310 e. The molecule has 1 aliphatic carbocycles. The number of carbonyl (C=O) groups excluding carboxylic acids is 2. The number of hydrogen-bond acceptors (Lipinski definition) is 5. The minimum Gasteiger partial charge on any atom is -0.310 e. The molecule has 0 spiro atoms. The van der Waals surface area contributed by atoms with Crippen LogP contribution in [0.3, 0.4) is 0 Å². The number of benzene rings is 1. The molecule has 1 heterocycles. The highest BCUT2D eigenvalue weighted by Crippen LogP contribution is 2.30. The lowest BCUT2D eigenvalue weighted by Gasteiger charge is -2.09. The summed E-state index contributed by atoms with van der Waals surface area (Å²) in [4.78, 5) is 32.0. The molecule has 28 heavy (non-hydrogen) atoms. The molecule has 1 N–H and O–H groups in total. The van der Waals surface area contributed by atoms with Crippen molar-refractivity contribution < 1.29 is 22.8 Å². The number of alkyl halides is 3. The Labute approximate surface area is 158 Å². The van der Waals surface area contributed by atoms with Crippen LogP contribution in [0.4, 0.5) is 19.0 Å². The zero-order valence-electron chi connectivity index (χ0n) is 14.6. The van der Waals surface area contributed by atoms with Gasteiger partial charge in [-0.3, -0.25) is 9.59 Å². The summed E-state index contributed by atoms with van der Waals surface area (Å²) in [5.74, 6) is -0.551. The summed E-state index contributed by atoms with van der Waals surface area (Å²) in [6.45, 7) is 0. The summed E-state index contributed by atoms with van der Waals surface area (Å²) < 4.78 is 37.0. The summed E-state index contributed by atoms with van der Waals surface area (Å²) in [6, 6.07) is 7.57. The lowest BCUT2D eigenvalue weighted by atomic mass is 9.97. The van der Waals surface area contributed by atoms with Gasteiger partial charge in [0.15, 0.2) is 5.78 Å². The Morgan fingerprint density at radius 2 is 1.96 bits per heavy atom. The van der Waals surface area contributed by atoms with Crippen molar-refractivity contribution in [3.05, 3.63) is 41.7 Å². The second kappa shape index (κ2) is 7.76. The molecule has 1 aromatic heterocycles. The molecule has 0 radical (unpaired) electrons. The molecule has 3 rings (SSSR count). The molecule has 0 bridgehead atoms. The summed E-state index contributed by atoms with van der Waals surface area (Å²) in [7, 11) is 0. The van der Waals surface area contributed by atoms with Gasteiger partial charge >= 0.3 is 6.18 Å². The number of halogens is 3. The van der Waals surface area contributed by atoms with Gasteiger partial charge in [-0.2, -0.15) is 18.4 Å². The predicted octanol–water partition coefficient (Wildman–Crippen LogP) is 3.89. The number of hydrogen-bond donors (Lipinski definition) is 1. The maximum absolute atomic E-state index is 12.3. The van der Waals surface area contributed by atoms with Crippen molar-refractivity contribution in [1.82, 2.24) is 9.97 Å². The van der Waals surface area contributed by atoms with E-state index >= 15 is 0 Å². The van der Waals surface area contributed by atoms with Gasteiger partial charge in [-0.05, 0) is 25.0 Å². The fraction of sp³-hybridized carbons (Fsp3) is 0.316. The predicted molar refractivity (Wildman–Crippen MR) is 93.2 cm³/mol. The van der Waals surface area contributed by atoms with Crippen LogP contribution in [0, 0.1) is 17.2 Å². The minimum atomic E-state index is -4.44. The lowest BCUT2D eigenvalue weighted by molar-refractivity contribution is -0.133. The van der Waals surface area contributed by atoms with E-state index in [9.17, 15) is 28.0 Å². The minimum absolute atomic E-state index is 0.00519. The van der Waals surface area contributed by atoms with E-state index in [1.807, 2.05) is 6.07 Å². The molecule has 0 atom stereocenters. The average Bonchev–Trinajstić information content (AvgIpc) is 3.50. The van der Waals surface area contributed by atoms with Crippen LogP contribution in [-0.4, -0.2) is 27.8 Å². The van der Waals surface area contributed by atoms with Crippen molar-refractivity contribution in [3.8, 4) is 17.3 Å². The molecule has 6 nitrogen and oxygen atoms in total. The van der Waals surface area contributed by atoms with Crippen molar-refractivity contribution in [2.45, 2.75) is 31.9 Å². The molecular formula is C19H15F3N4O2. The molecule has 1 fully saturated rings. The normalized spacial score (nSPS) is 13.6. The maximum Gasteiger partial charge on any atom is 0.389 e. The Balaban J connectivity index is 1.81. The van der Waals surface area contributed by atoms with Gasteiger partial charge in [0.05, 0.1) is 23.7 Å². The summed E-state index contributed by atoms with van der Waals surface area (Å²) >= 11 is 0. The Kier molecular flexibility index (Phi) is 5.40. The van der Waals surface area contributed by atoms with Crippen molar-refractivity contribution in [1.29, 1.82) is 5.26 Å². The number of rotatable bonds is 6. The Hall–Kier alpha value is -3.28. The number of amides is 1. The number of nitrogens with one attached hydrogen (secondary N) is 1. The number of aromatic nitrogens is 2. The Morgan fingerprint density at radius 3 is 2.61 bits per heavy atom. The van der Waals surface area contributed by atoms with Crippen LogP contribution in [0.5, 0.6) is 0 Å². The van der Waals surface area contributed by atoms with Gasteiger partial charge in [0.2, 0.25) is 5.91 Å². The first kappa shape index (κ1) is 19.5. The first-order valence-electron chi connectivity index (χ1n) is 8.54. The third-order valence-electron chi connectivity index (χ3n) is 4.24. The molecule has 9 heteroatoms. The van der Waals surface area contributed by atoms with Crippen LogP contribution in [0.2, 0.25) is 0 Å². The van der Waals surface area contributed by atoms with Gasteiger partial charge in [-0.15, -0.1) is 0 Å². The molecule has 0 unspecified atom stereocenters. The average molecular weight is 388 g/mol. The second-order valence-electron chi connectivity index (χ2n) is 6.46. The van der Waals surface area contributed by atoms with E-state index in [-0.39, 0.29) is 23.0 Å². The van der Waals surface area contributed by atoms with Crippen molar-refractivity contribution >= 4 is 17.5 Å². The number of nitrogens with zero attached hydrogens (tertiary/aromatic N) is 3. The number of Topliss-reactive ketones (excluding diaryl/α,β-unsaturated/α-hetero) is 1. The topological polar surface area (TPSA) is 95.7 Å². The monoisotopic (exact) mass is 388 g/mol. The Bertz CT molecular complexity index is 962. The van der Waals surface area contributed by atoms with Gasteiger partial charge in [0, 0.05) is 29.5 Å². The molecule has 1 aliphatic rings. The molecular weight excluding hydrogens is 373 g/mol. The highest BCUT2D eigenvalue weighted by atomic mass is 19.4. The highest BCUT2D eigenvalue weighted by molar-refractivity contribution is 5.99. The van der Waals surface area contributed by atoms with Crippen LogP contribution in [-0.2, 0) is 4.79 Å². The fourth-order valence-electron chi connectivity index (χ4n) is 2.59. The number of carbonyl (C=O) groups is 2. The SMILES string of the molecule is N#Cc1cc(-c2cc(NC(=O)C3CC3)ncn2)ccc1C(=O)CCC(F)(F)F. The van der Waals surface area contributed by atoms with Crippen molar-refractivity contribution in [2.24, 2.45) is 5.92 Å². The van der Waals surface area contributed by atoms with Gasteiger partial charge < -0.3 is 5.32 Å². The van der Waals surface area contributed by atoms with Crippen LogP contribution in [0.1, 0.15) is 41.6 Å². The van der Waals surface area contributed by atoms with Crippen LogP contribution < -0.4 is 5.32 Å². The largest absolute Gasteiger partial charge is 0.389 e. The molecule has 1 saturated carbocycles. The maximum atomic E-state index is 12.3. The van der Waals surface area contributed by atoms with E-state index in [2.05, 4.69) is 15.3 Å². The van der Waals surface area contributed by atoms with Gasteiger partial charge in [0.25, 0.3) is 0 Å². The highest BCUT2D eigenvalue weighted by Gasteiger charge is 2.30. The first-order valence-corrected chi connectivity index (χ1v) is 8.54. The fourth-order valence-corrected chi connectivity index (χ4v) is 2.59. The van der Waals surface area contributed by atoms with E-state index in [0.29, 0.717) is 17.1 Å². The first-order chi connectivity index (χ1) is 13.3. The van der Waals surface area contributed by atoms with Gasteiger partial charge in [0.1, 0.15) is 12.1 Å². The summed E-state index contributed by atoms with van der Waals surface area (Å²) in [6.07, 6.45) is -3.45. The molecule has 2 aromatic rings. The lowest BCUT2D eigenvalue weighted by Crippen LogP contribution is -2.14. The molecule has 0 saturated heterocycles. The zero-order valence-corrected chi connectivity index (χ0v) is 14.6. The summed E-state index contributed by atoms with van der Waals surface area (Å²) in [5, 5.41) is 12.0. The van der Waals surface area contributed by atoms with Gasteiger partial charge in [-0.1, -0.05) is 6.07 Å². The standard InChI is InChI=1S/C19H15F3N4O2/c20-19(21,22)6-5-16(27)14-4-3-12(7-13(14)9-23)15-8-17(25-10-24-15)26-18(28)11-1-2-11/h3-4,7-8,10-11H,1-2,5-6H2,(H,24,25,26,28). The third-order valence-corrected chi connectivity index (χ3v) is 4.24. The van der Waals surface area contributed by atoms with Crippen LogP contribution in [0.25, 0.3) is 11.3 Å². The summed E-state index contributed by atoms with van der Waals surface area (Å²) in [5.41, 5.74) is 0.791. The van der Waals surface area contributed by atoms with Gasteiger partial charge in [-0.25, -0.2) is 9.97 Å². The molecule has 1 aromatic carbocycles. The second-order valence-corrected chi connectivity index (χ2v) is 6.46. The number of nitriles is 1. The van der Waals surface area contributed by atoms with Crippen molar-refractivity contribution in [2.75, 3.05) is 5.32 Å². The van der Waals surface area contributed by atoms with Crippen LogP contribution in [0.15, 0.2) is 30.6 Å². The zero-order chi connectivity index (χ0) is 20.3.